The predicted molar refractivity (Wildman–Crippen MR) is 86.1 cm³/mol. The van der Waals surface area contributed by atoms with Crippen LogP contribution in [0.3, 0.4) is 0 Å². The number of halogens is 1. The molecule has 23 heavy (non-hydrogen) atoms. The molecule has 1 aromatic carbocycles. The van der Waals surface area contributed by atoms with Crippen molar-refractivity contribution in [1.82, 2.24) is 20.1 Å². The molecule has 1 N–H and O–H groups in total. The third-order valence-electron chi connectivity index (χ3n) is 3.13. The highest BCUT2D eigenvalue weighted by atomic mass is 35.5. The number of hydrogen-bond acceptors (Lipinski definition) is 5. The Balaban J connectivity index is 2.22. The lowest BCUT2D eigenvalue weighted by Crippen LogP contribution is -2.26. The van der Waals surface area contributed by atoms with Crippen LogP contribution in [0.4, 0.5) is 0 Å². The molecule has 0 spiro atoms. The van der Waals surface area contributed by atoms with Gasteiger partial charge in [-0.25, -0.2) is 4.98 Å². The molecule has 0 aliphatic carbocycles. The van der Waals surface area contributed by atoms with Crippen LogP contribution in [0.1, 0.15) is 28.9 Å². The average molecular weight is 339 g/mol. The Kier molecular flexibility index (Phi) is 5.44. The molecule has 0 aliphatic rings. The normalized spacial score (nSPS) is 10.5. The van der Waals surface area contributed by atoms with Gasteiger partial charge < -0.3 is 14.4 Å². The Morgan fingerprint density at radius 1 is 1.43 bits per heavy atom. The summed E-state index contributed by atoms with van der Waals surface area (Å²) in [5.41, 5.74) is 0.407. The highest BCUT2D eigenvalue weighted by Gasteiger charge is 2.19. The van der Waals surface area contributed by atoms with Crippen LogP contribution in [0, 0.1) is 6.92 Å². The highest BCUT2D eigenvalue weighted by molar-refractivity contribution is 6.32. The monoisotopic (exact) mass is 338 g/mol. The van der Waals surface area contributed by atoms with Gasteiger partial charge in [-0.3, -0.25) is 9.89 Å². The molecule has 2 aromatic rings. The van der Waals surface area contributed by atoms with Crippen molar-refractivity contribution in [3.8, 4) is 11.5 Å². The van der Waals surface area contributed by atoms with E-state index in [4.69, 9.17) is 21.1 Å². The van der Waals surface area contributed by atoms with Gasteiger partial charge in [-0.1, -0.05) is 11.6 Å². The lowest BCUT2D eigenvalue weighted by molar-refractivity contribution is 0.0781. The number of aromatic nitrogens is 3. The van der Waals surface area contributed by atoms with Crippen molar-refractivity contribution in [3.05, 3.63) is 34.4 Å². The summed E-state index contributed by atoms with van der Waals surface area (Å²) in [6.45, 7) is 4.39. The van der Waals surface area contributed by atoms with Gasteiger partial charge in [-0.05, 0) is 26.0 Å². The van der Waals surface area contributed by atoms with Crippen molar-refractivity contribution in [1.29, 1.82) is 0 Å². The van der Waals surface area contributed by atoms with Crippen LogP contribution in [0.2, 0.25) is 5.02 Å². The minimum absolute atomic E-state index is 0.212. The van der Waals surface area contributed by atoms with E-state index in [0.717, 1.165) is 0 Å². The summed E-state index contributed by atoms with van der Waals surface area (Å²) in [7, 11) is 3.17. The average Bonchev–Trinajstić information content (AvgIpc) is 2.93. The second-order valence-electron chi connectivity index (χ2n) is 4.92. The van der Waals surface area contributed by atoms with Gasteiger partial charge in [-0.15, -0.1) is 0 Å². The Labute approximate surface area is 139 Å². The largest absolute Gasteiger partial charge is 0.493 e. The van der Waals surface area contributed by atoms with Gasteiger partial charge in [0.1, 0.15) is 5.82 Å². The molecule has 1 aromatic heterocycles. The molecular weight excluding hydrogens is 320 g/mol. The van der Waals surface area contributed by atoms with Crippen molar-refractivity contribution < 1.29 is 14.3 Å². The number of ether oxygens (including phenoxy) is 2. The highest BCUT2D eigenvalue weighted by Crippen LogP contribution is 2.36. The van der Waals surface area contributed by atoms with Crippen LogP contribution in [-0.4, -0.2) is 46.8 Å². The van der Waals surface area contributed by atoms with E-state index >= 15 is 0 Å². The first kappa shape index (κ1) is 17.1. The van der Waals surface area contributed by atoms with Crippen molar-refractivity contribution in [2.75, 3.05) is 20.8 Å². The zero-order chi connectivity index (χ0) is 17.0. The quantitative estimate of drug-likeness (QED) is 0.875. The van der Waals surface area contributed by atoms with Crippen LogP contribution in [0.5, 0.6) is 11.5 Å². The number of amides is 1. The maximum Gasteiger partial charge on any atom is 0.254 e. The molecule has 0 radical (unpaired) electrons. The minimum atomic E-state index is -0.212. The molecule has 8 heteroatoms. The molecule has 0 unspecified atom stereocenters. The molecule has 0 saturated heterocycles. The summed E-state index contributed by atoms with van der Waals surface area (Å²) in [5.74, 6) is 1.88. The summed E-state index contributed by atoms with van der Waals surface area (Å²) >= 11 is 6.20. The first-order chi connectivity index (χ1) is 11.0. The molecule has 1 amide bonds. The van der Waals surface area contributed by atoms with Gasteiger partial charge in [0, 0.05) is 12.6 Å². The lowest BCUT2D eigenvalue weighted by Gasteiger charge is -2.17. The topological polar surface area (TPSA) is 80.3 Å². The number of aryl methyl sites for hydroxylation is 1. The second-order valence-corrected chi connectivity index (χ2v) is 5.33. The molecule has 7 nitrogen and oxygen atoms in total. The Hall–Kier alpha value is -2.28. The smallest absolute Gasteiger partial charge is 0.254 e. The van der Waals surface area contributed by atoms with Crippen molar-refractivity contribution in [2.24, 2.45) is 0 Å². The standard InChI is InChI=1S/C15H19ClN4O3/c1-5-23-14-11(16)6-10(7-12(14)22-4)15(21)20(3)8-13-17-9(2)18-19-13/h6-7H,5,8H2,1-4H3,(H,17,18,19). The van der Waals surface area contributed by atoms with E-state index in [0.29, 0.717) is 40.3 Å². The van der Waals surface area contributed by atoms with Crippen molar-refractivity contribution >= 4 is 17.5 Å². The molecule has 2 rings (SSSR count). The number of carbonyl (C=O) groups is 1. The Morgan fingerprint density at radius 2 is 2.17 bits per heavy atom. The fourth-order valence-corrected chi connectivity index (χ4v) is 2.36. The van der Waals surface area contributed by atoms with Crippen LogP contribution in [-0.2, 0) is 6.54 Å². The van der Waals surface area contributed by atoms with Crippen molar-refractivity contribution in [2.45, 2.75) is 20.4 Å². The number of rotatable bonds is 6. The first-order valence-corrected chi connectivity index (χ1v) is 7.47. The summed E-state index contributed by atoms with van der Waals surface area (Å²) in [4.78, 5) is 18.2. The van der Waals surface area contributed by atoms with E-state index < -0.39 is 0 Å². The van der Waals surface area contributed by atoms with Crippen LogP contribution in [0.15, 0.2) is 12.1 Å². The van der Waals surface area contributed by atoms with Gasteiger partial charge in [0.05, 0.1) is 25.3 Å². The van der Waals surface area contributed by atoms with Gasteiger partial charge in [0.25, 0.3) is 5.91 Å². The summed E-state index contributed by atoms with van der Waals surface area (Å²) in [6, 6.07) is 3.18. The summed E-state index contributed by atoms with van der Waals surface area (Å²) < 4.78 is 10.7. The number of nitrogens with one attached hydrogen (secondary N) is 1. The second kappa shape index (κ2) is 7.32. The maximum absolute atomic E-state index is 12.6. The van der Waals surface area contributed by atoms with Crippen molar-refractivity contribution in [3.63, 3.8) is 0 Å². The zero-order valence-corrected chi connectivity index (χ0v) is 14.3. The van der Waals surface area contributed by atoms with Gasteiger partial charge in [0.15, 0.2) is 17.3 Å². The van der Waals surface area contributed by atoms with Crippen LogP contribution < -0.4 is 9.47 Å². The van der Waals surface area contributed by atoms with E-state index in [-0.39, 0.29) is 12.5 Å². The van der Waals surface area contributed by atoms with Gasteiger partial charge in [0.2, 0.25) is 0 Å². The molecule has 0 fully saturated rings. The first-order valence-electron chi connectivity index (χ1n) is 7.10. The number of benzene rings is 1. The van der Waals surface area contributed by atoms with E-state index in [2.05, 4.69) is 15.2 Å². The fourth-order valence-electron chi connectivity index (χ4n) is 2.09. The zero-order valence-electron chi connectivity index (χ0n) is 13.5. The number of carbonyl (C=O) groups excluding carboxylic acids is 1. The van der Waals surface area contributed by atoms with Crippen LogP contribution >= 0.6 is 11.6 Å². The predicted octanol–water partition coefficient (Wildman–Crippen LogP) is 2.45. The number of H-pyrrole nitrogens is 1. The minimum Gasteiger partial charge on any atom is -0.493 e. The molecule has 0 aliphatic heterocycles. The third kappa shape index (κ3) is 3.92. The Bertz CT molecular complexity index is 702. The van der Waals surface area contributed by atoms with E-state index in [1.807, 2.05) is 6.92 Å². The number of methoxy groups -OCH3 is 1. The Morgan fingerprint density at radius 3 is 2.74 bits per heavy atom. The SMILES string of the molecule is CCOc1c(Cl)cc(C(=O)N(C)Cc2n[nH]c(C)n2)cc1OC. The van der Waals surface area contributed by atoms with E-state index in [9.17, 15) is 4.79 Å². The molecule has 0 bridgehead atoms. The number of aromatic amines is 1. The van der Waals surface area contributed by atoms with Gasteiger partial charge >= 0.3 is 0 Å². The summed E-state index contributed by atoms with van der Waals surface area (Å²) in [6.07, 6.45) is 0. The van der Waals surface area contributed by atoms with Crippen LogP contribution in [0.25, 0.3) is 0 Å². The molecule has 1 heterocycles. The van der Waals surface area contributed by atoms with E-state index in [1.165, 1.54) is 12.0 Å². The molecule has 0 atom stereocenters. The fraction of sp³-hybridized carbons (Fsp3) is 0.400. The molecular formula is C15H19ClN4O3. The summed E-state index contributed by atoms with van der Waals surface area (Å²) in [5, 5.41) is 7.10. The maximum atomic E-state index is 12.6. The molecule has 124 valence electrons. The number of hydrogen-bond donors (Lipinski definition) is 1. The van der Waals surface area contributed by atoms with E-state index in [1.54, 1.807) is 26.1 Å². The van der Waals surface area contributed by atoms with Gasteiger partial charge in [-0.2, -0.15) is 5.10 Å². The third-order valence-corrected chi connectivity index (χ3v) is 3.41. The molecule has 0 saturated carbocycles. The number of nitrogens with zero attached hydrogens (tertiary/aromatic N) is 3. The lowest BCUT2D eigenvalue weighted by atomic mass is 10.1.